The van der Waals surface area contributed by atoms with E-state index in [0.717, 1.165) is 58.0 Å². The third kappa shape index (κ3) is 7.99. The molecule has 1 atom stereocenters. The largest absolute Gasteiger partial charge is 0.342 e. The van der Waals surface area contributed by atoms with E-state index >= 15 is 0 Å². The molecule has 0 aliphatic carbocycles. The molecule has 3 nitrogen and oxygen atoms in total. The van der Waals surface area contributed by atoms with Crippen LogP contribution in [0.1, 0.15) is 97.3 Å². The maximum atomic E-state index is 12.7. The van der Waals surface area contributed by atoms with Crippen molar-refractivity contribution >= 4 is 11.7 Å². The van der Waals surface area contributed by atoms with Crippen molar-refractivity contribution in [1.29, 1.82) is 0 Å². The smallest absolute Gasteiger partial charge is 0.233 e. The number of nitrogens with zero attached hydrogens (tertiary/aromatic N) is 1. The topological polar surface area (TPSA) is 37.4 Å². The molecule has 1 saturated heterocycles. The molecule has 1 fully saturated rings. The molecule has 0 bridgehead atoms. The normalized spacial score (nSPS) is 15.8. The number of likely N-dealkylation sites (tertiary alicyclic amines) is 1. The van der Waals surface area contributed by atoms with Crippen LogP contribution >= 0.6 is 0 Å². The number of rotatable bonds is 13. The van der Waals surface area contributed by atoms with Crippen molar-refractivity contribution < 1.29 is 9.59 Å². The van der Waals surface area contributed by atoms with Crippen LogP contribution in [0, 0.1) is 5.92 Å². The summed E-state index contributed by atoms with van der Waals surface area (Å²) in [7, 11) is 0. The standard InChI is InChI=1S/C20H37NO2/c1-3-5-7-9-11-15-19(22)18(14-10-8-6-4-2)20(23)21-16-12-13-17-21/h18H,3-17H2,1-2H3. The summed E-state index contributed by atoms with van der Waals surface area (Å²) in [5, 5.41) is 0. The maximum Gasteiger partial charge on any atom is 0.233 e. The van der Waals surface area contributed by atoms with Crippen LogP contribution in [0.25, 0.3) is 0 Å². The molecule has 1 unspecified atom stereocenters. The number of carbonyl (C=O) groups excluding carboxylic acids is 2. The first kappa shape index (κ1) is 20.2. The second-order valence-corrected chi connectivity index (χ2v) is 7.06. The van der Waals surface area contributed by atoms with Crippen LogP contribution in [-0.4, -0.2) is 29.7 Å². The highest BCUT2D eigenvalue weighted by Gasteiger charge is 2.30. The van der Waals surface area contributed by atoms with Gasteiger partial charge in [-0.25, -0.2) is 0 Å². The Morgan fingerprint density at radius 2 is 1.39 bits per heavy atom. The number of ketones is 1. The van der Waals surface area contributed by atoms with Crippen molar-refractivity contribution in [3.63, 3.8) is 0 Å². The maximum absolute atomic E-state index is 12.7. The van der Waals surface area contributed by atoms with Gasteiger partial charge in [-0.3, -0.25) is 9.59 Å². The highest BCUT2D eigenvalue weighted by Crippen LogP contribution is 2.21. The summed E-state index contributed by atoms with van der Waals surface area (Å²) in [6.07, 6.45) is 13.9. The van der Waals surface area contributed by atoms with Gasteiger partial charge in [-0.2, -0.15) is 0 Å². The van der Waals surface area contributed by atoms with E-state index in [1.807, 2.05) is 4.90 Å². The quantitative estimate of drug-likeness (QED) is 0.348. The molecule has 1 aliphatic heterocycles. The Kier molecular flexibility index (Phi) is 11.0. The van der Waals surface area contributed by atoms with Gasteiger partial charge in [0.15, 0.2) is 0 Å². The first-order valence-corrected chi connectivity index (χ1v) is 10.0. The molecule has 0 aromatic heterocycles. The number of hydrogen-bond acceptors (Lipinski definition) is 2. The second kappa shape index (κ2) is 12.5. The highest BCUT2D eigenvalue weighted by atomic mass is 16.2. The van der Waals surface area contributed by atoms with E-state index in [9.17, 15) is 9.59 Å². The molecule has 0 N–H and O–H groups in total. The molecule has 1 heterocycles. The van der Waals surface area contributed by atoms with Crippen molar-refractivity contribution in [2.45, 2.75) is 97.3 Å². The summed E-state index contributed by atoms with van der Waals surface area (Å²) >= 11 is 0. The highest BCUT2D eigenvalue weighted by molar-refractivity contribution is 6.01. The number of carbonyl (C=O) groups is 2. The molecule has 0 aromatic carbocycles. The van der Waals surface area contributed by atoms with Crippen LogP contribution in [0.2, 0.25) is 0 Å². The van der Waals surface area contributed by atoms with Crippen LogP contribution in [0.3, 0.4) is 0 Å². The summed E-state index contributed by atoms with van der Waals surface area (Å²) in [5.74, 6) is -0.0245. The van der Waals surface area contributed by atoms with Gasteiger partial charge < -0.3 is 4.90 Å². The van der Waals surface area contributed by atoms with Gasteiger partial charge in [0.2, 0.25) is 5.91 Å². The molecule has 3 heteroatoms. The Morgan fingerprint density at radius 1 is 0.826 bits per heavy atom. The van der Waals surface area contributed by atoms with Crippen LogP contribution < -0.4 is 0 Å². The summed E-state index contributed by atoms with van der Waals surface area (Å²) in [6, 6.07) is 0. The molecular formula is C20H37NO2. The Hall–Kier alpha value is -0.860. The molecule has 0 aromatic rings. The van der Waals surface area contributed by atoms with E-state index in [2.05, 4.69) is 13.8 Å². The lowest BCUT2D eigenvalue weighted by atomic mass is 9.91. The third-order valence-corrected chi connectivity index (χ3v) is 4.98. The average Bonchev–Trinajstić information content (AvgIpc) is 3.08. The van der Waals surface area contributed by atoms with Gasteiger partial charge in [0.25, 0.3) is 0 Å². The lowest BCUT2D eigenvalue weighted by Gasteiger charge is -2.22. The van der Waals surface area contributed by atoms with Gasteiger partial charge in [-0.15, -0.1) is 0 Å². The molecule has 1 rings (SSSR count). The Labute approximate surface area is 143 Å². The molecular weight excluding hydrogens is 286 g/mol. The fourth-order valence-corrected chi connectivity index (χ4v) is 3.43. The van der Waals surface area contributed by atoms with E-state index in [-0.39, 0.29) is 17.6 Å². The number of Topliss-reactive ketones (excluding diaryl/α,β-unsaturated/α-hetero) is 1. The predicted octanol–water partition coefficient (Wildman–Crippen LogP) is 5.13. The van der Waals surface area contributed by atoms with E-state index < -0.39 is 0 Å². The van der Waals surface area contributed by atoms with Crippen molar-refractivity contribution in [2.24, 2.45) is 5.92 Å². The van der Waals surface area contributed by atoms with Crippen LogP contribution in [-0.2, 0) is 9.59 Å². The monoisotopic (exact) mass is 323 g/mol. The molecule has 0 saturated carbocycles. The zero-order valence-electron chi connectivity index (χ0n) is 15.4. The summed E-state index contributed by atoms with van der Waals surface area (Å²) in [5.41, 5.74) is 0. The number of unbranched alkanes of at least 4 members (excludes halogenated alkanes) is 7. The minimum absolute atomic E-state index is 0.123. The van der Waals surface area contributed by atoms with Gasteiger partial charge in [0.1, 0.15) is 5.78 Å². The fourth-order valence-electron chi connectivity index (χ4n) is 3.43. The summed E-state index contributed by atoms with van der Waals surface area (Å²) < 4.78 is 0. The Bertz CT molecular complexity index is 335. The minimum atomic E-state index is -0.351. The first-order chi connectivity index (χ1) is 11.2. The van der Waals surface area contributed by atoms with E-state index in [1.165, 1.54) is 32.1 Å². The predicted molar refractivity (Wildman–Crippen MR) is 96.4 cm³/mol. The van der Waals surface area contributed by atoms with Gasteiger partial charge in [0.05, 0.1) is 5.92 Å². The van der Waals surface area contributed by atoms with Crippen molar-refractivity contribution in [3.8, 4) is 0 Å². The molecule has 1 amide bonds. The lowest BCUT2D eigenvalue weighted by Crippen LogP contribution is -2.37. The van der Waals surface area contributed by atoms with Crippen LogP contribution in [0.5, 0.6) is 0 Å². The van der Waals surface area contributed by atoms with E-state index in [1.54, 1.807) is 0 Å². The van der Waals surface area contributed by atoms with Crippen LogP contribution in [0.15, 0.2) is 0 Å². The molecule has 23 heavy (non-hydrogen) atoms. The van der Waals surface area contributed by atoms with Gasteiger partial charge in [-0.1, -0.05) is 65.2 Å². The fraction of sp³-hybridized carbons (Fsp3) is 0.900. The van der Waals surface area contributed by atoms with Crippen molar-refractivity contribution in [2.75, 3.05) is 13.1 Å². The first-order valence-electron chi connectivity index (χ1n) is 10.0. The molecule has 1 aliphatic rings. The Morgan fingerprint density at radius 3 is 2.00 bits per heavy atom. The van der Waals surface area contributed by atoms with E-state index in [4.69, 9.17) is 0 Å². The minimum Gasteiger partial charge on any atom is -0.342 e. The second-order valence-electron chi connectivity index (χ2n) is 7.06. The SMILES string of the molecule is CCCCCCCC(=O)C(CCCCCC)C(=O)N1CCCC1. The number of amides is 1. The van der Waals surface area contributed by atoms with Crippen molar-refractivity contribution in [1.82, 2.24) is 4.90 Å². The molecule has 0 spiro atoms. The van der Waals surface area contributed by atoms with E-state index in [0.29, 0.717) is 6.42 Å². The van der Waals surface area contributed by atoms with Crippen LogP contribution in [0.4, 0.5) is 0 Å². The summed E-state index contributed by atoms with van der Waals surface area (Å²) in [6.45, 7) is 6.10. The lowest BCUT2D eigenvalue weighted by molar-refractivity contribution is -0.141. The zero-order valence-corrected chi connectivity index (χ0v) is 15.4. The van der Waals surface area contributed by atoms with Crippen molar-refractivity contribution in [3.05, 3.63) is 0 Å². The van der Waals surface area contributed by atoms with Gasteiger partial charge in [-0.05, 0) is 25.7 Å². The zero-order chi connectivity index (χ0) is 16.9. The number of hydrogen-bond donors (Lipinski definition) is 0. The molecule has 0 radical (unpaired) electrons. The summed E-state index contributed by atoms with van der Waals surface area (Å²) in [4.78, 5) is 27.2. The Balaban J connectivity index is 2.44. The molecule has 134 valence electrons. The van der Waals surface area contributed by atoms with Gasteiger partial charge >= 0.3 is 0 Å². The average molecular weight is 324 g/mol. The third-order valence-electron chi connectivity index (χ3n) is 4.98. The van der Waals surface area contributed by atoms with Gasteiger partial charge in [0, 0.05) is 19.5 Å².